The fraction of sp³-hybridized carbons (Fsp3) is 0.789. The number of nitrogens with one attached hydrogen (secondary N) is 5. The molecule has 5 atom stereocenters. The lowest BCUT2D eigenvalue weighted by atomic mass is 9.70. The van der Waals surface area contributed by atoms with E-state index in [4.69, 9.17) is 0 Å². The van der Waals surface area contributed by atoms with Crippen LogP contribution in [0.1, 0.15) is 120 Å². The topological polar surface area (TPSA) is 166 Å². The van der Waals surface area contributed by atoms with Crippen molar-refractivity contribution in [1.82, 2.24) is 31.5 Å². The highest BCUT2D eigenvalue weighted by Gasteiger charge is 2.49. The molecule has 0 aromatic carbocycles. The van der Waals surface area contributed by atoms with Gasteiger partial charge in [-0.05, 0) is 75.0 Å². The van der Waals surface area contributed by atoms with Gasteiger partial charge in [0.15, 0.2) is 0 Å². The van der Waals surface area contributed by atoms with E-state index in [2.05, 4.69) is 33.2 Å². The van der Waals surface area contributed by atoms with E-state index < -0.39 is 76.0 Å². The van der Waals surface area contributed by atoms with Crippen LogP contribution < -0.4 is 26.6 Å². The zero-order valence-electron chi connectivity index (χ0n) is 32.0. The minimum atomic E-state index is -1.01. The summed E-state index contributed by atoms with van der Waals surface area (Å²) in [5.74, 6) is -2.71. The molecular formula is C38H64N6O6. The number of hydrogen-bond donors (Lipinski definition) is 5. The van der Waals surface area contributed by atoms with Crippen molar-refractivity contribution in [2.75, 3.05) is 13.1 Å². The van der Waals surface area contributed by atoms with Gasteiger partial charge in [0.25, 0.3) is 5.91 Å². The molecule has 0 spiro atoms. The van der Waals surface area contributed by atoms with E-state index in [9.17, 15) is 28.8 Å². The maximum Gasteiger partial charge on any atom is 0.315 e. The minimum Gasteiger partial charge on any atom is -0.346 e. The van der Waals surface area contributed by atoms with Crippen LogP contribution >= 0.6 is 0 Å². The third-order valence-electron chi connectivity index (χ3n) is 10.5. The summed E-state index contributed by atoms with van der Waals surface area (Å²) >= 11 is 0. The Morgan fingerprint density at radius 3 is 2.04 bits per heavy atom. The van der Waals surface area contributed by atoms with Crippen LogP contribution in [0.2, 0.25) is 0 Å². The summed E-state index contributed by atoms with van der Waals surface area (Å²) in [6, 6.07) is -4.24. The van der Waals surface area contributed by atoms with Crippen molar-refractivity contribution < 1.29 is 28.8 Å². The van der Waals surface area contributed by atoms with Crippen LogP contribution in [0, 0.1) is 28.6 Å². The molecule has 1 heterocycles. The summed E-state index contributed by atoms with van der Waals surface area (Å²) in [4.78, 5) is 83.6. The maximum atomic E-state index is 14.6. The zero-order chi connectivity index (χ0) is 37.6. The molecule has 3 aliphatic rings. The number of nitrogens with zero attached hydrogens (tertiary/aromatic N) is 1. The largest absolute Gasteiger partial charge is 0.346 e. The highest BCUT2D eigenvalue weighted by Crippen LogP contribution is 2.40. The van der Waals surface area contributed by atoms with Crippen LogP contribution in [-0.2, 0) is 24.0 Å². The predicted molar refractivity (Wildman–Crippen MR) is 194 cm³/mol. The summed E-state index contributed by atoms with van der Waals surface area (Å²) in [7, 11) is 0. The number of ketones is 1. The molecule has 3 fully saturated rings. The van der Waals surface area contributed by atoms with Gasteiger partial charge in [-0.2, -0.15) is 0 Å². The monoisotopic (exact) mass is 700 g/mol. The van der Waals surface area contributed by atoms with Crippen LogP contribution in [0.4, 0.5) is 4.79 Å². The molecule has 6 amide bonds. The van der Waals surface area contributed by atoms with Crippen LogP contribution in [-0.4, -0.2) is 83.1 Å². The number of amides is 6. The van der Waals surface area contributed by atoms with Gasteiger partial charge in [-0.15, -0.1) is 6.58 Å². The summed E-state index contributed by atoms with van der Waals surface area (Å²) < 4.78 is 0. The molecule has 5 N–H and O–H groups in total. The lowest BCUT2D eigenvalue weighted by Crippen LogP contribution is -2.64. The molecule has 1 saturated heterocycles. The molecule has 0 aromatic rings. The van der Waals surface area contributed by atoms with Gasteiger partial charge in [0.05, 0.1) is 6.04 Å². The molecule has 282 valence electrons. The first-order chi connectivity index (χ1) is 23.2. The van der Waals surface area contributed by atoms with Gasteiger partial charge in [-0.3, -0.25) is 24.0 Å². The van der Waals surface area contributed by atoms with E-state index in [1.54, 1.807) is 4.90 Å². The normalized spacial score (nSPS) is 22.5. The Labute approximate surface area is 299 Å². The number of urea groups is 1. The minimum absolute atomic E-state index is 0.0425. The Balaban J connectivity index is 1.90. The molecule has 3 rings (SSSR count). The first kappa shape index (κ1) is 41.0. The Morgan fingerprint density at radius 2 is 1.52 bits per heavy atom. The van der Waals surface area contributed by atoms with Crippen molar-refractivity contribution in [2.24, 2.45) is 28.6 Å². The van der Waals surface area contributed by atoms with Crippen molar-refractivity contribution in [3.8, 4) is 0 Å². The van der Waals surface area contributed by atoms with Gasteiger partial charge in [0.2, 0.25) is 23.5 Å². The molecular weight excluding hydrogens is 636 g/mol. The quantitative estimate of drug-likeness (QED) is 0.136. The zero-order valence-corrected chi connectivity index (χ0v) is 32.0. The van der Waals surface area contributed by atoms with Crippen LogP contribution in [0.15, 0.2) is 12.7 Å². The van der Waals surface area contributed by atoms with E-state index in [0.29, 0.717) is 19.4 Å². The lowest BCUT2D eigenvalue weighted by Gasteiger charge is -2.42. The van der Waals surface area contributed by atoms with Crippen molar-refractivity contribution >= 4 is 35.4 Å². The molecule has 1 unspecified atom stereocenters. The van der Waals surface area contributed by atoms with Crippen LogP contribution in [0.5, 0.6) is 0 Å². The van der Waals surface area contributed by atoms with Crippen LogP contribution in [0.3, 0.4) is 0 Å². The summed E-state index contributed by atoms with van der Waals surface area (Å²) in [6.07, 6.45) is 8.71. The molecule has 12 heteroatoms. The number of hydrogen-bond acceptors (Lipinski definition) is 6. The smallest absolute Gasteiger partial charge is 0.315 e. The van der Waals surface area contributed by atoms with Gasteiger partial charge in [0.1, 0.15) is 18.1 Å². The number of carbonyl (C=O) groups is 6. The molecule has 2 aliphatic carbocycles. The third kappa shape index (κ3) is 11.0. The molecule has 12 nitrogen and oxygen atoms in total. The van der Waals surface area contributed by atoms with Crippen molar-refractivity contribution in [3.63, 3.8) is 0 Å². The SMILES string of the molecule is C=CCNC(=O)C(=O)C(CC1CC1)NC(=O)[C@@H]1[C@@H](C(C)C)CCN1C(=O)[C@@H](NC(=O)[C@@H](NC(=O)NC(C)(C)C)C1(C)CCCCC1)C(C)(C)C. The van der Waals surface area contributed by atoms with Crippen molar-refractivity contribution in [1.29, 1.82) is 0 Å². The number of likely N-dealkylation sites (tertiary alicyclic amines) is 1. The number of carbonyl (C=O) groups excluding carboxylic acids is 6. The maximum absolute atomic E-state index is 14.6. The standard InChI is InChI=1S/C38H64N6O6/c1-11-20-39-32(47)28(45)26(22-24-15-16-24)40-31(46)27-25(23(2)3)17-21-44(27)34(49)30(36(4,5)6)41-33(48)29(38(10)18-13-12-14-19-38)42-35(50)43-37(7,8)9/h11,23-27,29-30H,1,12-22H2,2-10H3,(H,39,47)(H,40,46)(H,41,48)(H2,42,43,50)/t25-,26?,27+,29-,30-/m1/s1. The molecule has 1 aliphatic heterocycles. The molecule has 2 saturated carbocycles. The van der Waals surface area contributed by atoms with E-state index in [1.165, 1.54) is 6.08 Å². The second-order valence-electron chi connectivity index (χ2n) is 17.6. The first-order valence-electron chi connectivity index (χ1n) is 18.6. The summed E-state index contributed by atoms with van der Waals surface area (Å²) in [6.45, 7) is 21.2. The Morgan fingerprint density at radius 1 is 0.900 bits per heavy atom. The average molecular weight is 701 g/mol. The van der Waals surface area contributed by atoms with E-state index in [-0.39, 0.29) is 24.3 Å². The fourth-order valence-corrected chi connectivity index (χ4v) is 7.44. The Hall–Kier alpha value is -3.44. The van der Waals surface area contributed by atoms with Gasteiger partial charge in [0, 0.05) is 18.6 Å². The fourth-order valence-electron chi connectivity index (χ4n) is 7.44. The second-order valence-corrected chi connectivity index (χ2v) is 17.6. The van der Waals surface area contributed by atoms with Gasteiger partial charge in [-0.25, -0.2) is 4.79 Å². The Kier molecular flexibility index (Phi) is 13.7. The summed E-state index contributed by atoms with van der Waals surface area (Å²) in [5.41, 5.74) is -1.77. The van der Waals surface area contributed by atoms with E-state index >= 15 is 0 Å². The molecule has 0 aromatic heterocycles. The van der Waals surface area contributed by atoms with Crippen molar-refractivity contribution in [2.45, 2.75) is 150 Å². The molecule has 50 heavy (non-hydrogen) atoms. The van der Waals surface area contributed by atoms with E-state index in [0.717, 1.165) is 44.9 Å². The first-order valence-corrected chi connectivity index (χ1v) is 18.6. The molecule has 0 radical (unpaired) electrons. The van der Waals surface area contributed by atoms with Gasteiger partial charge in [-0.1, -0.05) is 79.7 Å². The van der Waals surface area contributed by atoms with Gasteiger partial charge < -0.3 is 31.5 Å². The highest BCUT2D eigenvalue weighted by atomic mass is 16.2. The third-order valence-corrected chi connectivity index (χ3v) is 10.5. The van der Waals surface area contributed by atoms with E-state index in [1.807, 2.05) is 62.3 Å². The van der Waals surface area contributed by atoms with Crippen LogP contribution in [0.25, 0.3) is 0 Å². The van der Waals surface area contributed by atoms with Crippen molar-refractivity contribution in [3.05, 3.63) is 12.7 Å². The second kappa shape index (κ2) is 16.7. The number of rotatable bonds is 14. The number of Topliss-reactive ketones (excluding diaryl/α,β-unsaturated/α-hetero) is 1. The van der Waals surface area contributed by atoms with Gasteiger partial charge >= 0.3 is 6.03 Å². The average Bonchev–Trinajstić information content (AvgIpc) is 3.71. The predicted octanol–water partition coefficient (Wildman–Crippen LogP) is 3.98. The summed E-state index contributed by atoms with van der Waals surface area (Å²) in [5, 5.41) is 14.3. The lowest BCUT2D eigenvalue weighted by molar-refractivity contribution is -0.146. The highest BCUT2D eigenvalue weighted by molar-refractivity contribution is 6.38. The Bertz CT molecular complexity index is 1270. The molecule has 0 bridgehead atoms.